The van der Waals surface area contributed by atoms with Crippen LogP contribution in [0.5, 0.6) is 5.75 Å². The predicted molar refractivity (Wildman–Crippen MR) is 114 cm³/mol. The lowest BCUT2D eigenvalue weighted by molar-refractivity contribution is -0.126. The molecule has 5 rings (SSSR count). The fourth-order valence-electron chi connectivity index (χ4n) is 4.72. The van der Waals surface area contributed by atoms with E-state index in [4.69, 9.17) is 0 Å². The molecule has 30 heavy (non-hydrogen) atoms. The molecule has 5 nitrogen and oxygen atoms in total. The Kier molecular flexibility index (Phi) is 4.77. The summed E-state index contributed by atoms with van der Waals surface area (Å²) in [5.74, 6) is 0.833. The van der Waals surface area contributed by atoms with Gasteiger partial charge < -0.3 is 15.3 Å². The van der Waals surface area contributed by atoms with Crippen molar-refractivity contribution in [2.24, 2.45) is 5.92 Å². The summed E-state index contributed by atoms with van der Waals surface area (Å²) in [6.45, 7) is 1.47. The number of rotatable bonds is 3. The van der Waals surface area contributed by atoms with Crippen LogP contribution in [0.3, 0.4) is 0 Å². The van der Waals surface area contributed by atoms with Crippen LogP contribution in [0.1, 0.15) is 36.4 Å². The number of piperidine rings is 1. The summed E-state index contributed by atoms with van der Waals surface area (Å²) < 4.78 is 13.9. The number of carbonyl (C=O) groups is 1. The van der Waals surface area contributed by atoms with Gasteiger partial charge in [0.05, 0.1) is 6.04 Å². The minimum absolute atomic E-state index is 0.0484. The molecule has 6 heteroatoms. The van der Waals surface area contributed by atoms with Crippen molar-refractivity contribution < 1.29 is 14.3 Å². The third-order valence-corrected chi connectivity index (χ3v) is 6.40. The van der Waals surface area contributed by atoms with Gasteiger partial charge in [-0.15, -0.1) is 0 Å². The molecule has 0 bridgehead atoms. The lowest BCUT2D eigenvalue weighted by atomic mass is 9.95. The third kappa shape index (κ3) is 3.36. The van der Waals surface area contributed by atoms with Gasteiger partial charge in [0.1, 0.15) is 22.9 Å². The molecule has 1 atom stereocenters. The van der Waals surface area contributed by atoms with Crippen LogP contribution in [0.25, 0.3) is 10.9 Å². The molecule has 3 aromatic rings. The van der Waals surface area contributed by atoms with Gasteiger partial charge in [0.15, 0.2) is 0 Å². The van der Waals surface area contributed by atoms with Crippen LogP contribution >= 0.6 is 0 Å². The number of nitrogens with one attached hydrogen (secondary N) is 1. The maximum absolute atomic E-state index is 13.9. The van der Waals surface area contributed by atoms with Gasteiger partial charge in [0, 0.05) is 24.4 Å². The highest BCUT2D eigenvalue weighted by molar-refractivity contribution is 5.85. The minimum atomic E-state index is -0.175. The molecule has 0 spiro atoms. The number of phenols is 1. The maximum atomic E-state index is 13.9. The lowest BCUT2D eigenvalue weighted by Crippen LogP contribution is -2.41. The average Bonchev–Trinajstić information content (AvgIpc) is 3.18. The largest absolute Gasteiger partial charge is 0.506 e. The van der Waals surface area contributed by atoms with Gasteiger partial charge in [-0.25, -0.2) is 9.37 Å². The zero-order valence-corrected chi connectivity index (χ0v) is 16.6. The quantitative estimate of drug-likeness (QED) is 0.689. The molecule has 154 valence electrons. The number of hydrogen-bond acceptors (Lipinski definition) is 4. The van der Waals surface area contributed by atoms with E-state index in [1.165, 1.54) is 6.07 Å². The number of carbonyl (C=O) groups excluding carboxylic acids is 1. The predicted octanol–water partition coefficient (Wildman–Crippen LogP) is 4.10. The molecular formula is C24H24FN3O2. The Morgan fingerprint density at radius 2 is 1.87 bits per heavy atom. The van der Waals surface area contributed by atoms with Crippen molar-refractivity contribution in [3.8, 4) is 5.75 Å². The molecule has 0 radical (unpaired) electrons. The summed E-state index contributed by atoms with van der Waals surface area (Å²) in [6.07, 6.45) is 2.92. The van der Waals surface area contributed by atoms with Gasteiger partial charge in [-0.1, -0.05) is 24.3 Å². The first-order chi connectivity index (χ1) is 14.6. The van der Waals surface area contributed by atoms with E-state index in [1.54, 1.807) is 18.2 Å². The second-order valence-electron chi connectivity index (χ2n) is 8.19. The number of pyridine rings is 1. The van der Waals surface area contributed by atoms with E-state index in [9.17, 15) is 14.3 Å². The van der Waals surface area contributed by atoms with Crippen LogP contribution in [0.2, 0.25) is 0 Å². The standard InChI is InChI=1S/C24H24FN3O2/c25-19-5-2-4-18-17(19)8-9-20(18)26-24(30)16-11-13-28(14-12-16)22-10-7-15-3-1-6-21(29)23(15)27-22/h1-7,10,16,20,29H,8-9,11-14H2,(H,26,30). The van der Waals surface area contributed by atoms with Crippen LogP contribution in [-0.4, -0.2) is 29.1 Å². The second-order valence-corrected chi connectivity index (χ2v) is 8.19. The summed E-state index contributed by atoms with van der Waals surface area (Å²) in [5, 5.41) is 14.1. The van der Waals surface area contributed by atoms with E-state index in [0.717, 1.165) is 54.7 Å². The van der Waals surface area contributed by atoms with Gasteiger partial charge in [0.2, 0.25) is 5.91 Å². The van der Waals surface area contributed by atoms with E-state index >= 15 is 0 Å². The van der Waals surface area contributed by atoms with Crippen LogP contribution in [-0.2, 0) is 11.2 Å². The smallest absolute Gasteiger partial charge is 0.223 e. The molecule has 1 amide bonds. The number of anilines is 1. The topological polar surface area (TPSA) is 65.5 Å². The minimum Gasteiger partial charge on any atom is -0.506 e. The zero-order valence-electron chi connectivity index (χ0n) is 16.6. The van der Waals surface area contributed by atoms with E-state index in [2.05, 4.69) is 15.2 Å². The van der Waals surface area contributed by atoms with Crippen LogP contribution < -0.4 is 10.2 Å². The number of phenolic OH excluding ortho intramolecular Hbond substituents is 1. The number of nitrogens with zero attached hydrogens (tertiary/aromatic N) is 2. The molecule has 2 N–H and O–H groups in total. The summed E-state index contributed by atoms with van der Waals surface area (Å²) in [6, 6.07) is 14.3. The highest BCUT2D eigenvalue weighted by Gasteiger charge is 2.30. The van der Waals surface area contributed by atoms with Crippen molar-refractivity contribution >= 4 is 22.6 Å². The molecule has 0 saturated carbocycles. The van der Waals surface area contributed by atoms with E-state index < -0.39 is 0 Å². The number of amides is 1. The van der Waals surface area contributed by atoms with Gasteiger partial charge in [-0.2, -0.15) is 0 Å². The maximum Gasteiger partial charge on any atom is 0.223 e. The van der Waals surface area contributed by atoms with Crippen LogP contribution in [0.15, 0.2) is 48.5 Å². The second kappa shape index (κ2) is 7.59. The molecule has 1 aromatic heterocycles. The normalized spacial score (nSPS) is 19.1. The van der Waals surface area contributed by atoms with Crippen molar-refractivity contribution in [2.45, 2.75) is 31.7 Å². The molecule has 2 heterocycles. The van der Waals surface area contributed by atoms with Gasteiger partial charge in [-0.05, 0) is 61.1 Å². The summed E-state index contributed by atoms with van der Waals surface area (Å²) in [7, 11) is 0. The first-order valence-electron chi connectivity index (χ1n) is 10.5. The van der Waals surface area contributed by atoms with E-state index in [-0.39, 0.29) is 29.4 Å². The van der Waals surface area contributed by atoms with Gasteiger partial charge in [-0.3, -0.25) is 4.79 Å². The van der Waals surface area contributed by atoms with Crippen molar-refractivity contribution in [3.05, 3.63) is 65.5 Å². The average molecular weight is 405 g/mol. The van der Waals surface area contributed by atoms with Crippen molar-refractivity contribution in [1.82, 2.24) is 10.3 Å². The Bertz CT molecular complexity index is 1110. The Hall–Kier alpha value is -3.15. The third-order valence-electron chi connectivity index (χ3n) is 6.40. The molecule has 1 unspecified atom stereocenters. The summed E-state index contributed by atoms with van der Waals surface area (Å²) in [4.78, 5) is 19.6. The number of aromatic nitrogens is 1. The van der Waals surface area contributed by atoms with Crippen molar-refractivity contribution in [1.29, 1.82) is 0 Å². The first kappa shape index (κ1) is 18.9. The molecular weight excluding hydrogens is 381 g/mol. The Morgan fingerprint density at radius 3 is 2.70 bits per heavy atom. The van der Waals surface area contributed by atoms with Crippen LogP contribution in [0, 0.1) is 11.7 Å². The lowest BCUT2D eigenvalue weighted by Gasteiger charge is -2.32. The fourth-order valence-corrected chi connectivity index (χ4v) is 4.72. The highest BCUT2D eigenvalue weighted by atomic mass is 19.1. The SMILES string of the molecule is O=C(NC1CCc2c(F)cccc21)C1CCN(c2ccc3cccc(O)c3n2)CC1. The summed E-state index contributed by atoms with van der Waals surface area (Å²) in [5.41, 5.74) is 2.26. The number of benzene rings is 2. The molecule has 1 aliphatic carbocycles. The van der Waals surface area contributed by atoms with Crippen molar-refractivity contribution in [3.63, 3.8) is 0 Å². The zero-order chi connectivity index (χ0) is 20.7. The van der Waals surface area contributed by atoms with E-state index in [1.807, 2.05) is 24.3 Å². The van der Waals surface area contributed by atoms with Gasteiger partial charge in [0.25, 0.3) is 0 Å². The van der Waals surface area contributed by atoms with E-state index in [0.29, 0.717) is 11.9 Å². The number of halogens is 1. The Balaban J connectivity index is 1.23. The molecule has 2 aromatic carbocycles. The molecule has 1 saturated heterocycles. The Labute approximate surface area is 174 Å². The molecule has 1 aliphatic heterocycles. The van der Waals surface area contributed by atoms with Crippen LogP contribution in [0.4, 0.5) is 10.2 Å². The number of fused-ring (bicyclic) bond motifs is 2. The monoisotopic (exact) mass is 405 g/mol. The number of para-hydroxylation sites is 1. The molecule has 1 fully saturated rings. The highest BCUT2D eigenvalue weighted by Crippen LogP contribution is 2.33. The van der Waals surface area contributed by atoms with Crippen molar-refractivity contribution in [2.75, 3.05) is 18.0 Å². The summed E-state index contributed by atoms with van der Waals surface area (Å²) >= 11 is 0. The van der Waals surface area contributed by atoms with Gasteiger partial charge >= 0.3 is 0 Å². The molecule has 2 aliphatic rings. The first-order valence-corrected chi connectivity index (χ1v) is 10.5. The Morgan fingerprint density at radius 1 is 1.07 bits per heavy atom. The number of aromatic hydroxyl groups is 1. The fraction of sp³-hybridized carbons (Fsp3) is 0.333. The number of hydrogen-bond donors (Lipinski definition) is 2.